The Hall–Kier alpha value is -0.170. The Bertz CT molecular complexity index is 466. The molecule has 122 valence electrons. The topological polar surface area (TPSA) is 49.9 Å². The number of rotatable bonds is 5. The number of ether oxygens (including phenoxy) is 1. The lowest BCUT2D eigenvalue weighted by Gasteiger charge is -2.33. The Morgan fingerprint density at radius 2 is 2.00 bits per heavy atom. The van der Waals surface area contributed by atoms with Gasteiger partial charge in [-0.1, -0.05) is 6.42 Å². The summed E-state index contributed by atoms with van der Waals surface area (Å²) in [5, 5.41) is 0. The zero-order chi connectivity index (χ0) is 15.0. The predicted molar refractivity (Wildman–Crippen MR) is 82.6 cm³/mol. The monoisotopic (exact) mass is 316 g/mol. The van der Waals surface area contributed by atoms with Crippen LogP contribution in [-0.2, 0) is 14.8 Å². The van der Waals surface area contributed by atoms with Gasteiger partial charge in [-0.05, 0) is 45.1 Å². The SMILES string of the molecule is CC(C)OCCS(=O)(=O)N1C[C@@H]2CN3CCCC[C@H]3[C@H]2C1. The highest BCUT2D eigenvalue weighted by Crippen LogP contribution is 2.41. The van der Waals surface area contributed by atoms with E-state index in [9.17, 15) is 8.42 Å². The number of sulfonamides is 1. The van der Waals surface area contributed by atoms with Crippen LogP contribution in [0.15, 0.2) is 0 Å². The van der Waals surface area contributed by atoms with E-state index in [1.807, 2.05) is 13.8 Å². The summed E-state index contributed by atoms with van der Waals surface area (Å²) in [6, 6.07) is 0.635. The zero-order valence-electron chi connectivity index (χ0n) is 13.2. The van der Waals surface area contributed by atoms with E-state index in [1.165, 1.54) is 25.8 Å². The van der Waals surface area contributed by atoms with Crippen LogP contribution in [0.4, 0.5) is 0 Å². The average Bonchev–Trinajstić information content (AvgIpc) is 2.95. The van der Waals surface area contributed by atoms with Gasteiger partial charge in [0.05, 0.1) is 18.5 Å². The molecule has 0 spiro atoms. The van der Waals surface area contributed by atoms with Crippen molar-refractivity contribution in [1.29, 1.82) is 0 Å². The van der Waals surface area contributed by atoms with Crippen LogP contribution in [0.25, 0.3) is 0 Å². The van der Waals surface area contributed by atoms with Gasteiger partial charge in [-0.25, -0.2) is 12.7 Å². The van der Waals surface area contributed by atoms with E-state index >= 15 is 0 Å². The summed E-state index contributed by atoms with van der Waals surface area (Å²) in [7, 11) is -3.15. The van der Waals surface area contributed by atoms with Crippen molar-refractivity contribution < 1.29 is 13.2 Å². The molecule has 3 aliphatic rings. The van der Waals surface area contributed by atoms with Gasteiger partial charge in [0.15, 0.2) is 0 Å². The van der Waals surface area contributed by atoms with Gasteiger partial charge in [0.25, 0.3) is 0 Å². The molecule has 3 atom stereocenters. The fourth-order valence-electron chi connectivity index (χ4n) is 4.26. The van der Waals surface area contributed by atoms with Crippen LogP contribution in [-0.4, -0.2) is 68.3 Å². The smallest absolute Gasteiger partial charge is 0.216 e. The zero-order valence-corrected chi connectivity index (χ0v) is 14.0. The van der Waals surface area contributed by atoms with E-state index in [0.29, 0.717) is 24.5 Å². The number of hydrogen-bond donors (Lipinski definition) is 0. The summed E-state index contributed by atoms with van der Waals surface area (Å²) >= 11 is 0. The summed E-state index contributed by atoms with van der Waals surface area (Å²) in [4.78, 5) is 2.60. The second kappa shape index (κ2) is 6.14. The Morgan fingerprint density at radius 1 is 1.19 bits per heavy atom. The van der Waals surface area contributed by atoms with E-state index in [-0.39, 0.29) is 11.9 Å². The Morgan fingerprint density at radius 3 is 2.76 bits per heavy atom. The molecule has 21 heavy (non-hydrogen) atoms. The Balaban J connectivity index is 1.57. The molecule has 0 aromatic heterocycles. The maximum absolute atomic E-state index is 12.4. The van der Waals surface area contributed by atoms with Crippen molar-refractivity contribution in [2.24, 2.45) is 11.8 Å². The lowest BCUT2D eigenvalue weighted by Crippen LogP contribution is -2.41. The lowest BCUT2D eigenvalue weighted by molar-refractivity contribution is 0.0906. The van der Waals surface area contributed by atoms with Gasteiger partial charge in [0, 0.05) is 25.7 Å². The number of hydrogen-bond acceptors (Lipinski definition) is 4. The fraction of sp³-hybridized carbons (Fsp3) is 1.00. The van der Waals surface area contributed by atoms with Gasteiger partial charge in [-0.2, -0.15) is 0 Å². The van der Waals surface area contributed by atoms with Crippen LogP contribution in [0.1, 0.15) is 33.1 Å². The fourth-order valence-corrected chi connectivity index (χ4v) is 5.64. The van der Waals surface area contributed by atoms with E-state index in [2.05, 4.69) is 4.90 Å². The van der Waals surface area contributed by atoms with Crippen molar-refractivity contribution in [3.63, 3.8) is 0 Å². The first kappa shape index (κ1) is 15.7. The van der Waals surface area contributed by atoms with Crippen molar-refractivity contribution in [3.05, 3.63) is 0 Å². The van der Waals surface area contributed by atoms with Gasteiger partial charge in [0.2, 0.25) is 10.0 Å². The maximum atomic E-state index is 12.4. The summed E-state index contributed by atoms with van der Waals surface area (Å²) in [5.41, 5.74) is 0. The third-order valence-electron chi connectivity index (χ3n) is 5.27. The molecule has 6 heteroatoms. The van der Waals surface area contributed by atoms with Crippen LogP contribution >= 0.6 is 0 Å². The molecule has 5 nitrogen and oxygen atoms in total. The molecule has 0 aromatic carbocycles. The van der Waals surface area contributed by atoms with E-state index in [0.717, 1.165) is 19.6 Å². The molecule has 0 unspecified atom stereocenters. The minimum atomic E-state index is -3.15. The summed E-state index contributed by atoms with van der Waals surface area (Å²) < 4.78 is 32.0. The molecule has 0 aliphatic carbocycles. The van der Waals surface area contributed by atoms with Crippen molar-refractivity contribution in [3.8, 4) is 0 Å². The van der Waals surface area contributed by atoms with Crippen molar-refractivity contribution in [2.75, 3.05) is 38.5 Å². The molecule has 0 radical (unpaired) electrons. The van der Waals surface area contributed by atoms with Crippen LogP contribution in [0.5, 0.6) is 0 Å². The normalized spacial score (nSPS) is 34.3. The van der Waals surface area contributed by atoms with E-state index < -0.39 is 10.0 Å². The predicted octanol–water partition coefficient (Wildman–Crippen LogP) is 1.16. The second-order valence-electron chi connectivity index (χ2n) is 7.03. The number of nitrogens with zero attached hydrogens (tertiary/aromatic N) is 2. The maximum Gasteiger partial charge on any atom is 0.216 e. The molecule has 3 saturated heterocycles. The Labute approximate surface area is 128 Å². The highest BCUT2D eigenvalue weighted by molar-refractivity contribution is 7.89. The standard InChI is InChI=1S/C15H28N2O3S/c1-12(2)20-7-8-21(18,19)17-10-13-9-16-6-4-3-5-15(16)14(13)11-17/h12-15H,3-11H2,1-2H3/t13-,14-,15-/m0/s1. The molecule has 0 saturated carbocycles. The summed E-state index contributed by atoms with van der Waals surface area (Å²) in [6.07, 6.45) is 3.96. The van der Waals surface area contributed by atoms with Gasteiger partial charge in [-0.3, -0.25) is 4.90 Å². The molecule has 3 fully saturated rings. The molecule has 0 amide bonds. The third-order valence-corrected chi connectivity index (χ3v) is 7.04. The minimum Gasteiger partial charge on any atom is -0.378 e. The second-order valence-corrected chi connectivity index (χ2v) is 9.12. The van der Waals surface area contributed by atoms with Crippen LogP contribution in [0.2, 0.25) is 0 Å². The first-order chi connectivity index (χ1) is 9.97. The van der Waals surface area contributed by atoms with Crippen molar-refractivity contribution in [1.82, 2.24) is 9.21 Å². The summed E-state index contributed by atoms with van der Waals surface area (Å²) in [6.45, 7) is 7.95. The first-order valence-electron chi connectivity index (χ1n) is 8.31. The van der Waals surface area contributed by atoms with E-state index in [4.69, 9.17) is 4.74 Å². The number of fused-ring (bicyclic) bond motifs is 3. The molecular weight excluding hydrogens is 288 g/mol. The van der Waals surface area contributed by atoms with Crippen molar-refractivity contribution >= 4 is 10.0 Å². The summed E-state index contributed by atoms with van der Waals surface area (Å²) in [5.74, 6) is 1.24. The van der Waals surface area contributed by atoms with Crippen LogP contribution < -0.4 is 0 Å². The molecular formula is C15H28N2O3S. The minimum absolute atomic E-state index is 0.0916. The van der Waals surface area contributed by atoms with Crippen LogP contribution in [0.3, 0.4) is 0 Å². The highest BCUT2D eigenvalue weighted by atomic mass is 32.2. The Kier molecular flexibility index (Phi) is 4.60. The van der Waals surface area contributed by atoms with Crippen LogP contribution in [0, 0.1) is 11.8 Å². The quantitative estimate of drug-likeness (QED) is 0.764. The van der Waals surface area contributed by atoms with Gasteiger partial charge < -0.3 is 4.74 Å². The first-order valence-corrected chi connectivity index (χ1v) is 9.92. The van der Waals surface area contributed by atoms with Gasteiger partial charge in [-0.15, -0.1) is 0 Å². The molecule has 3 aliphatic heterocycles. The van der Waals surface area contributed by atoms with E-state index in [1.54, 1.807) is 4.31 Å². The highest BCUT2D eigenvalue weighted by Gasteiger charge is 2.49. The van der Waals surface area contributed by atoms with Gasteiger partial charge in [0.1, 0.15) is 0 Å². The molecule has 0 aromatic rings. The lowest BCUT2D eigenvalue weighted by atomic mass is 9.90. The molecule has 3 rings (SSSR count). The molecule has 0 bridgehead atoms. The van der Waals surface area contributed by atoms with Crippen molar-refractivity contribution in [2.45, 2.75) is 45.3 Å². The molecule has 3 heterocycles. The number of piperidine rings is 1. The third kappa shape index (κ3) is 3.28. The largest absolute Gasteiger partial charge is 0.378 e. The average molecular weight is 316 g/mol. The van der Waals surface area contributed by atoms with Gasteiger partial charge >= 0.3 is 0 Å². The molecule has 0 N–H and O–H groups in total.